The number of carbonyl (C=O) groups is 1. The summed E-state index contributed by atoms with van der Waals surface area (Å²) in [5, 5.41) is 0. The fraction of sp³-hybridized carbons (Fsp3) is 0.722. The number of aromatic nitrogens is 2. The van der Waals surface area contributed by atoms with Gasteiger partial charge in [0.1, 0.15) is 0 Å². The van der Waals surface area contributed by atoms with Crippen molar-refractivity contribution in [2.45, 2.75) is 58.5 Å². The summed E-state index contributed by atoms with van der Waals surface area (Å²) in [5.41, 5.74) is 6.58. The van der Waals surface area contributed by atoms with Crippen LogP contribution < -0.4 is 16.2 Å². The molecule has 0 spiro atoms. The van der Waals surface area contributed by atoms with Gasteiger partial charge in [-0.05, 0) is 70.1 Å². The van der Waals surface area contributed by atoms with Gasteiger partial charge in [-0.1, -0.05) is 0 Å². The van der Waals surface area contributed by atoms with Crippen molar-refractivity contribution in [3.8, 4) is 5.88 Å². The van der Waals surface area contributed by atoms with Gasteiger partial charge in [0.25, 0.3) is 5.91 Å². The number of aryl methyl sites for hydroxylation is 1. The van der Waals surface area contributed by atoms with Crippen LogP contribution in [0.5, 0.6) is 5.88 Å². The molecule has 24 heavy (non-hydrogen) atoms. The van der Waals surface area contributed by atoms with Crippen LogP contribution in [0.4, 0.5) is 0 Å². The lowest BCUT2D eigenvalue weighted by Gasteiger charge is -2.58. The third-order valence-corrected chi connectivity index (χ3v) is 6.51. The zero-order valence-corrected chi connectivity index (χ0v) is 14.3. The zero-order chi connectivity index (χ0) is 17.1. The first-order valence-corrected chi connectivity index (χ1v) is 8.90. The third-order valence-electron chi connectivity index (χ3n) is 6.51. The Morgan fingerprint density at radius 1 is 1.21 bits per heavy atom. The summed E-state index contributed by atoms with van der Waals surface area (Å²) < 4.78 is 6.05. The molecule has 4 bridgehead atoms. The number of primary amides is 1. The van der Waals surface area contributed by atoms with Gasteiger partial charge in [0, 0.05) is 16.7 Å². The largest absolute Gasteiger partial charge is 0.463 e. The minimum atomic E-state index is -0.696. The monoisotopic (exact) mass is 331 g/mol. The molecule has 0 saturated heterocycles. The Balaban J connectivity index is 1.69. The zero-order valence-electron chi connectivity index (χ0n) is 14.3. The van der Waals surface area contributed by atoms with Gasteiger partial charge in [0.2, 0.25) is 5.88 Å². The molecule has 1 aromatic rings. The Labute approximate surface area is 141 Å². The standard InChI is InChI=1S/C18H25N3O3/c1-9-10(2)20-17(23)21-16(9)24-14(15(19)22)18-6-11-3-12(7-18)5-13(4-11)8-18/h11-14H,3-8H2,1-2H3,(H2,19,22)(H,20,21,23). The normalized spacial score (nSPS) is 35.0. The molecule has 0 aromatic carbocycles. The molecule has 1 atom stereocenters. The van der Waals surface area contributed by atoms with Crippen molar-refractivity contribution in [2.75, 3.05) is 0 Å². The highest BCUT2D eigenvalue weighted by Gasteiger charge is 2.57. The van der Waals surface area contributed by atoms with Gasteiger partial charge in [0.05, 0.1) is 0 Å². The maximum Gasteiger partial charge on any atom is 0.348 e. The molecule has 1 unspecified atom stereocenters. The van der Waals surface area contributed by atoms with Crippen molar-refractivity contribution in [3.63, 3.8) is 0 Å². The second-order valence-corrected chi connectivity index (χ2v) is 8.28. The highest BCUT2D eigenvalue weighted by molar-refractivity contribution is 5.80. The van der Waals surface area contributed by atoms with E-state index in [0.29, 0.717) is 23.4 Å². The lowest BCUT2D eigenvalue weighted by atomic mass is 9.48. The smallest absolute Gasteiger partial charge is 0.348 e. The molecular formula is C18H25N3O3. The Hall–Kier alpha value is -1.85. The molecule has 4 aliphatic carbocycles. The van der Waals surface area contributed by atoms with E-state index in [1.54, 1.807) is 6.92 Å². The van der Waals surface area contributed by atoms with Crippen LogP contribution in [0.15, 0.2) is 4.79 Å². The molecular weight excluding hydrogens is 306 g/mol. The maximum absolute atomic E-state index is 12.3. The summed E-state index contributed by atoms with van der Waals surface area (Å²) >= 11 is 0. The van der Waals surface area contributed by atoms with Crippen LogP contribution in [-0.2, 0) is 4.79 Å². The van der Waals surface area contributed by atoms with Crippen molar-refractivity contribution in [1.82, 2.24) is 9.97 Å². The van der Waals surface area contributed by atoms with Gasteiger partial charge in [-0.25, -0.2) is 4.79 Å². The van der Waals surface area contributed by atoms with Crippen LogP contribution in [0.1, 0.15) is 49.8 Å². The number of H-pyrrole nitrogens is 1. The van der Waals surface area contributed by atoms with Crippen molar-refractivity contribution in [1.29, 1.82) is 0 Å². The molecule has 4 aliphatic rings. The molecule has 4 fully saturated rings. The van der Waals surface area contributed by atoms with Gasteiger partial charge in [-0.3, -0.25) is 4.79 Å². The van der Waals surface area contributed by atoms with E-state index in [2.05, 4.69) is 9.97 Å². The molecule has 1 amide bonds. The van der Waals surface area contributed by atoms with Gasteiger partial charge in [-0.15, -0.1) is 0 Å². The summed E-state index contributed by atoms with van der Waals surface area (Å²) in [7, 11) is 0. The average molecular weight is 331 g/mol. The van der Waals surface area contributed by atoms with E-state index < -0.39 is 17.7 Å². The second kappa shape index (κ2) is 5.33. The fourth-order valence-electron chi connectivity index (χ4n) is 5.83. The van der Waals surface area contributed by atoms with Crippen molar-refractivity contribution in [3.05, 3.63) is 21.7 Å². The molecule has 1 aromatic heterocycles. The van der Waals surface area contributed by atoms with Gasteiger partial charge >= 0.3 is 5.69 Å². The lowest BCUT2D eigenvalue weighted by Crippen LogP contribution is -2.57. The number of nitrogens with one attached hydrogen (secondary N) is 1. The Morgan fingerprint density at radius 2 is 1.75 bits per heavy atom. The summed E-state index contributed by atoms with van der Waals surface area (Å²) in [5.74, 6) is 1.89. The van der Waals surface area contributed by atoms with E-state index in [1.165, 1.54) is 19.3 Å². The minimum Gasteiger partial charge on any atom is -0.463 e. The maximum atomic E-state index is 12.3. The van der Waals surface area contributed by atoms with Crippen molar-refractivity contribution >= 4 is 5.91 Å². The number of hydrogen-bond acceptors (Lipinski definition) is 4. The van der Waals surface area contributed by atoms with Crippen LogP contribution in [0.25, 0.3) is 0 Å². The molecule has 0 aliphatic heterocycles. The average Bonchev–Trinajstić information content (AvgIpc) is 2.47. The number of carbonyl (C=O) groups excluding carboxylic acids is 1. The predicted molar refractivity (Wildman–Crippen MR) is 88.5 cm³/mol. The van der Waals surface area contributed by atoms with Crippen LogP contribution in [0.2, 0.25) is 0 Å². The molecule has 1 heterocycles. The van der Waals surface area contributed by atoms with E-state index in [0.717, 1.165) is 24.8 Å². The topological polar surface area (TPSA) is 98.1 Å². The first-order valence-electron chi connectivity index (χ1n) is 8.90. The molecule has 130 valence electrons. The van der Waals surface area contributed by atoms with Crippen LogP contribution >= 0.6 is 0 Å². The van der Waals surface area contributed by atoms with Crippen LogP contribution in [0.3, 0.4) is 0 Å². The first kappa shape index (κ1) is 15.7. The van der Waals surface area contributed by atoms with Crippen LogP contribution in [-0.4, -0.2) is 22.0 Å². The molecule has 5 rings (SSSR count). The summed E-state index contributed by atoms with van der Waals surface area (Å²) in [6.07, 6.45) is 6.18. The molecule has 0 radical (unpaired) electrons. The SMILES string of the molecule is Cc1[nH]c(=O)nc(OC(C(N)=O)C23CC4CC(CC(C4)C2)C3)c1C. The molecule has 6 heteroatoms. The second-order valence-electron chi connectivity index (χ2n) is 8.28. The number of nitrogens with two attached hydrogens (primary N) is 1. The minimum absolute atomic E-state index is 0.175. The van der Waals surface area contributed by atoms with Crippen molar-refractivity contribution < 1.29 is 9.53 Å². The highest BCUT2D eigenvalue weighted by Crippen LogP contribution is 2.61. The van der Waals surface area contributed by atoms with E-state index in [9.17, 15) is 9.59 Å². The van der Waals surface area contributed by atoms with Gasteiger partial charge < -0.3 is 15.5 Å². The van der Waals surface area contributed by atoms with Gasteiger partial charge in [0.15, 0.2) is 6.10 Å². The fourth-order valence-corrected chi connectivity index (χ4v) is 5.83. The summed E-state index contributed by atoms with van der Waals surface area (Å²) in [4.78, 5) is 30.6. The first-order chi connectivity index (χ1) is 11.4. The van der Waals surface area contributed by atoms with E-state index in [4.69, 9.17) is 10.5 Å². The molecule has 4 saturated carbocycles. The van der Waals surface area contributed by atoms with E-state index in [1.807, 2.05) is 6.92 Å². The van der Waals surface area contributed by atoms with E-state index >= 15 is 0 Å². The van der Waals surface area contributed by atoms with Gasteiger partial charge in [-0.2, -0.15) is 4.98 Å². The Bertz CT molecular complexity index is 704. The number of amides is 1. The summed E-state index contributed by atoms with van der Waals surface area (Å²) in [6, 6.07) is 0. The molecule has 3 N–H and O–H groups in total. The van der Waals surface area contributed by atoms with Crippen molar-refractivity contribution in [2.24, 2.45) is 28.9 Å². The third kappa shape index (κ3) is 2.43. The lowest BCUT2D eigenvalue weighted by molar-refractivity contribution is -0.148. The number of rotatable bonds is 4. The number of nitrogens with zero attached hydrogens (tertiary/aromatic N) is 1. The predicted octanol–water partition coefficient (Wildman–Crippen LogP) is 1.84. The molecule has 6 nitrogen and oxygen atoms in total. The van der Waals surface area contributed by atoms with E-state index in [-0.39, 0.29) is 11.3 Å². The summed E-state index contributed by atoms with van der Waals surface area (Å²) in [6.45, 7) is 3.64. The Kier molecular flexibility index (Phi) is 3.48. The Morgan fingerprint density at radius 3 is 2.25 bits per heavy atom. The highest BCUT2D eigenvalue weighted by atomic mass is 16.5. The number of ether oxygens (including phenoxy) is 1. The number of hydrogen-bond donors (Lipinski definition) is 2. The van der Waals surface area contributed by atoms with Crippen LogP contribution in [0, 0.1) is 37.0 Å². The quantitative estimate of drug-likeness (QED) is 0.879. The number of aromatic amines is 1.